The molecule has 2 heterocycles. The molecule has 0 aromatic carbocycles. The molecule has 2 aliphatic rings. The molecule has 2 aliphatic heterocycles. The first-order valence-corrected chi connectivity index (χ1v) is 7.43. The minimum absolute atomic E-state index is 0.739. The molecule has 0 aliphatic carbocycles. The van der Waals surface area contributed by atoms with Crippen molar-refractivity contribution in [1.29, 1.82) is 0 Å². The molecule has 3 heteroatoms. The predicted octanol–water partition coefficient (Wildman–Crippen LogP) is 1.54. The Bertz CT molecular complexity index is 232. The van der Waals surface area contributed by atoms with Gasteiger partial charge >= 0.3 is 0 Å². The van der Waals surface area contributed by atoms with Gasteiger partial charge in [-0.05, 0) is 39.3 Å². The minimum Gasteiger partial charge on any atom is -0.315 e. The van der Waals surface area contributed by atoms with Gasteiger partial charge in [0.2, 0.25) is 0 Å². The fourth-order valence-electron chi connectivity index (χ4n) is 3.51. The van der Waals surface area contributed by atoms with Crippen molar-refractivity contribution >= 4 is 0 Å². The van der Waals surface area contributed by atoms with Gasteiger partial charge in [-0.25, -0.2) is 0 Å². The number of likely N-dealkylation sites (N-methyl/N-ethyl adjacent to an activating group) is 2. The van der Waals surface area contributed by atoms with E-state index in [0.717, 1.165) is 31.2 Å². The van der Waals surface area contributed by atoms with Crippen molar-refractivity contribution < 1.29 is 0 Å². The van der Waals surface area contributed by atoms with Crippen LogP contribution in [0.3, 0.4) is 0 Å². The van der Waals surface area contributed by atoms with Crippen LogP contribution in [0.4, 0.5) is 0 Å². The lowest BCUT2D eigenvalue weighted by Crippen LogP contribution is -2.46. The first-order chi connectivity index (χ1) is 8.26. The fraction of sp³-hybridized carbons (Fsp3) is 1.00. The Balaban J connectivity index is 1.92. The molecule has 2 bridgehead atoms. The SMILES string of the molecule is CCNCC(CC)N1CCC2CCC(C1)N2C. The average molecular weight is 239 g/mol. The van der Waals surface area contributed by atoms with Gasteiger partial charge in [-0.1, -0.05) is 13.8 Å². The van der Waals surface area contributed by atoms with E-state index in [4.69, 9.17) is 0 Å². The van der Waals surface area contributed by atoms with Crippen molar-refractivity contribution in [2.24, 2.45) is 0 Å². The van der Waals surface area contributed by atoms with E-state index in [9.17, 15) is 0 Å². The van der Waals surface area contributed by atoms with Crippen LogP contribution in [0.25, 0.3) is 0 Å². The highest BCUT2D eigenvalue weighted by Gasteiger charge is 2.35. The number of nitrogens with zero attached hydrogens (tertiary/aromatic N) is 2. The van der Waals surface area contributed by atoms with Crippen LogP contribution in [0.15, 0.2) is 0 Å². The molecule has 0 spiro atoms. The Kier molecular flexibility index (Phi) is 4.83. The zero-order chi connectivity index (χ0) is 12.3. The summed E-state index contributed by atoms with van der Waals surface area (Å²) in [7, 11) is 2.33. The van der Waals surface area contributed by atoms with Crippen LogP contribution in [-0.2, 0) is 0 Å². The van der Waals surface area contributed by atoms with Crippen LogP contribution in [0.5, 0.6) is 0 Å². The highest BCUT2D eigenvalue weighted by Crippen LogP contribution is 2.29. The van der Waals surface area contributed by atoms with Gasteiger partial charge in [0.1, 0.15) is 0 Å². The topological polar surface area (TPSA) is 18.5 Å². The van der Waals surface area contributed by atoms with Gasteiger partial charge in [-0.2, -0.15) is 0 Å². The van der Waals surface area contributed by atoms with Crippen molar-refractivity contribution in [1.82, 2.24) is 15.1 Å². The molecule has 2 rings (SSSR count). The summed E-state index contributed by atoms with van der Waals surface area (Å²) in [6.07, 6.45) is 5.48. The number of nitrogens with one attached hydrogen (secondary N) is 1. The van der Waals surface area contributed by atoms with Gasteiger partial charge in [0, 0.05) is 37.8 Å². The van der Waals surface area contributed by atoms with Crippen LogP contribution in [-0.4, -0.2) is 61.2 Å². The second kappa shape index (κ2) is 6.17. The molecule has 3 atom stereocenters. The van der Waals surface area contributed by atoms with E-state index < -0.39 is 0 Å². The highest BCUT2D eigenvalue weighted by atomic mass is 15.3. The Morgan fingerprint density at radius 3 is 2.65 bits per heavy atom. The predicted molar refractivity (Wildman–Crippen MR) is 73.4 cm³/mol. The highest BCUT2D eigenvalue weighted by molar-refractivity contribution is 4.92. The maximum atomic E-state index is 3.52. The summed E-state index contributed by atoms with van der Waals surface area (Å²) in [5, 5.41) is 3.52. The summed E-state index contributed by atoms with van der Waals surface area (Å²) in [6.45, 7) is 9.37. The Morgan fingerprint density at radius 2 is 1.94 bits per heavy atom. The first kappa shape index (κ1) is 13.3. The summed E-state index contributed by atoms with van der Waals surface area (Å²) in [6, 6.07) is 2.42. The van der Waals surface area contributed by atoms with Crippen LogP contribution < -0.4 is 5.32 Å². The van der Waals surface area contributed by atoms with Crippen molar-refractivity contribution in [3.8, 4) is 0 Å². The molecule has 100 valence electrons. The van der Waals surface area contributed by atoms with Crippen LogP contribution in [0.2, 0.25) is 0 Å². The molecule has 3 unspecified atom stereocenters. The van der Waals surface area contributed by atoms with Crippen molar-refractivity contribution in [2.45, 2.75) is 57.7 Å². The summed E-state index contributed by atoms with van der Waals surface area (Å²) in [5.74, 6) is 0. The largest absolute Gasteiger partial charge is 0.315 e. The Labute approximate surface area is 107 Å². The van der Waals surface area contributed by atoms with Crippen molar-refractivity contribution in [3.05, 3.63) is 0 Å². The Morgan fingerprint density at radius 1 is 1.18 bits per heavy atom. The zero-order valence-corrected chi connectivity index (χ0v) is 11.8. The second-order valence-electron chi connectivity index (χ2n) is 5.70. The molecular weight excluding hydrogens is 210 g/mol. The molecule has 0 amide bonds. The summed E-state index contributed by atoms with van der Waals surface area (Å²) in [4.78, 5) is 5.38. The third kappa shape index (κ3) is 3.01. The van der Waals surface area contributed by atoms with E-state index in [1.54, 1.807) is 0 Å². The molecule has 1 N–H and O–H groups in total. The lowest BCUT2D eigenvalue weighted by molar-refractivity contribution is 0.165. The fourth-order valence-corrected chi connectivity index (χ4v) is 3.51. The van der Waals surface area contributed by atoms with Crippen LogP contribution in [0, 0.1) is 0 Å². The smallest absolute Gasteiger partial charge is 0.0223 e. The third-order valence-electron chi connectivity index (χ3n) is 4.80. The zero-order valence-electron chi connectivity index (χ0n) is 11.8. The van der Waals surface area contributed by atoms with Gasteiger partial charge in [0.05, 0.1) is 0 Å². The number of hydrogen-bond acceptors (Lipinski definition) is 3. The number of hydrogen-bond donors (Lipinski definition) is 1. The Hall–Kier alpha value is -0.120. The van der Waals surface area contributed by atoms with E-state index >= 15 is 0 Å². The third-order valence-corrected chi connectivity index (χ3v) is 4.80. The molecule has 3 nitrogen and oxygen atoms in total. The summed E-state index contributed by atoms with van der Waals surface area (Å²) < 4.78 is 0. The lowest BCUT2D eigenvalue weighted by Gasteiger charge is -2.32. The number of rotatable bonds is 5. The van der Waals surface area contributed by atoms with Gasteiger partial charge in [-0.15, -0.1) is 0 Å². The summed E-state index contributed by atoms with van der Waals surface area (Å²) >= 11 is 0. The molecule has 0 radical (unpaired) electrons. The van der Waals surface area contributed by atoms with E-state index in [1.165, 1.54) is 38.8 Å². The number of fused-ring (bicyclic) bond motifs is 2. The van der Waals surface area contributed by atoms with Crippen LogP contribution in [0.1, 0.15) is 39.5 Å². The van der Waals surface area contributed by atoms with E-state index in [2.05, 4.69) is 36.0 Å². The van der Waals surface area contributed by atoms with E-state index in [0.29, 0.717) is 0 Å². The molecule has 0 aromatic heterocycles. The standard InChI is InChI=1S/C14H29N3/c1-4-12(10-15-5-2)17-9-8-13-6-7-14(11-17)16(13)3/h12-15H,4-11H2,1-3H3. The lowest BCUT2D eigenvalue weighted by atomic mass is 10.1. The van der Waals surface area contributed by atoms with E-state index in [1.807, 2.05) is 0 Å². The normalized spacial score (nSPS) is 32.6. The molecular formula is C14H29N3. The van der Waals surface area contributed by atoms with Gasteiger partial charge in [0.15, 0.2) is 0 Å². The average Bonchev–Trinajstić information content (AvgIpc) is 2.56. The first-order valence-electron chi connectivity index (χ1n) is 7.43. The van der Waals surface area contributed by atoms with E-state index in [-0.39, 0.29) is 0 Å². The van der Waals surface area contributed by atoms with Crippen molar-refractivity contribution in [2.75, 3.05) is 33.2 Å². The molecule has 2 saturated heterocycles. The monoisotopic (exact) mass is 239 g/mol. The van der Waals surface area contributed by atoms with Crippen molar-refractivity contribution in [3.63, 3.8) is 0 Å². The minimum atomic E-state index is 0.739. The molecule has 0 saturated carbocycles. The molecule has 0 aromatic rings. The van der Waals surface area contributed by atoms with Gasteiger partial charge in [-0.3, -0.25) is 9.80 Å². The maximum absolute atomic E-state index is 3.52. The number of likely N-dealkylation sites (tertiary alicyclic amines) is 1. The summed E-state index contributed by atoms with van der Waals surface area (Å²) in [5.41, 5.74) is 0. The quantitative estimate of drug-likeness (QED) is 0.785. The molecule has 2 fully saturated rings. The second-order valence-corrected chi connectivity index (χ2v) is 5.70. The van der Waals surface area contributed by atoms with Gasteiger partial charge < -0.3 is 5.32 Å². The molecule has 17 heavy (non-hydrogen) atoms. The van der Waals surface area contributed by atoms with Gasteiger partial charge in [0.25, 0.3) is 0 Å². The maximum Gasteiger partial charge on any atom is 0.0223 e. The van der Waals surface area contributed by atoms with Crippen LogP contribution >= 0.6 is 0 Å².